The Kier molecular flexibility index (Phi) is 3.57. The first kappa shape index (κ1) is 14.7. The number of ether oxygens (including phenoxy) is 1. The van der Waals surface area contributed by atoms with E-state index in [0.717, 1.165) is 64.5 Å². The first-order valence-corrected chi connectivity index (χ1v) is 9.19. The molecule has 0 N–H and O–H groups in total. The molecule has 0 aliphatic carbocycles. The Balaban J connectivity index is 1.73. The number of morpholine rings is 1. The lowest BCUT2D eigenvalue weighted by Gasteiger charge is -2.28. The van der Waals surface area contributed by atoms with E-state index in [9.17, 15) is 0 Å². The summed E-state index contributed by atoms with van der Waals surface area (Å²) >= 11 is 1.70. The maximum absolute atomic E-state index is 5.50. The molecule has 3 aromatic heterocycles. The minimum absolute atomic E-state index is 0.740. The van der Waals surface area contributed by atoms with Gasteiger partial charge in [-0.15, -0.1) is 11.3 Å². The second kappa shape index (κ2) is 6.06. The summed E-state index contributed by atoms with van der Waals surface area (Å²) in [6.07, 6.45) is 3.70. The van der Waals surface area contributed by atoms with Gasteiger partial charge in [-0.1, -0.05) is 18.2 Å². The van der Waals surface area contributed by atoms with Crippen LogP contribution in [0, 0.1) is 0 Å². The minimum Gasteiger partial charge on any atom is -0.378 e. The van der Waals surface area contributed by atoms with Gasteiger partial charge in [0.1, 0.15) is 0 Å². The molecule has 0 saturated carbocycles. The van der Waals surface area contributed by atoms with Gasteiger partial charge < -0.3 is 9.64 Å². The van der Waals surface area contributed by atoms with Gasteiger partial charge in [0.05, 0.1) is 23.4 Å². The van der Waals surface area contributed by atoms with Crippen LogP contribution in [0.4, 0.5) is 5.82 Å². The van der Waals surface area contributed by atoms with Gasteiger partial charge in [-0.25, -0.2) is 9.97 Å². The zero-order chi connectivity index (χ0) is 16.6. The third-order valence-corrected chi connectivity index (χ3v) is 5.42. The summed E-state index contributed by atoms with van der Waals surface area (Å²) in [7, 11) is 0. The Bertz CT molecular complexity index is 1050. The van der Waals surface area contributed by atoms with Crippen LogP contribution in [0.25, 0.3) is 32.4 Å². The fourth-order valence-corrected chi connectivity index (χ4v) is 4.11. The number of pyridine rings is 1. The third-order valence-electron chi connectivity index (χ3n) is 4.52. The van der Waals surface area contributed by atoms with E-state index in [1.807, 2.05) is 24.5 Å². The first-order valence-electron chi connectivity index (χ1n) is 8.31. The van der Waals surface area contributed by atoms with Crippen LogP contribution in [0.15, 0.2) is 48.1 Å². The van der Waals surface area contributed by atoms with Gasteiger partial charge >= 0.3 is 0 Å². The zero-order valence-electron chi connectivity index (χ0n) is 13.6. The van der Waals surface area contributed by atoms with Crippen molar-refractivity contribution in [3.05, 3.63) is 48.1 Å². The van der Waals surface area contributed by atoms with Crippen molar-refractivity contribution in [2.24, 2.45) is 0 Å². The minimum atomic E-state index is 0.740. The average Bonchev–Trinajstić information content (AvgIpc) is 3.16. The Labute approximate surface area is 148 Å². The average molecular weight is 348 g/mol. The summed E-state index contributed by atoms with van der Waals surface area (Å²) in [6.45, 7) is 3.20. The third kappa shape index (κ3) is 2.54. The van der Waals surface area contributed by atoms with Crippen LogP contribution in [-0.2, 0) is 4.74 Å². The van der Waals surface area contributed by atoms with Crippen molar-refractivity contribution in [3.63, 3.8) is 0 Å². The number of nitrogens with zero attached hydrogens (tertiary/aromatic N) is 4. The highest BCUT2D eigenvalue weighted by atomic mass is 32.1. The van der Waals surface area contributed by atoms with Crippen molar-refractivity contribution in [2.45, 2.75) is 0 Å². The van der Waals surface area contributed by atoms with E-state index >= 15 is 0 Å². The Morgan fingerprint density at radius 1 is 1.04 bits per heavy atom. The van der Waals surface area contributed by atoms with Gasteiger partial charge in [0, 0.05) is 36.4 Å². The fraction of sp³-hybridized carbons (Fsp3) is 0.211. The molecule has 1 fully saturated rings. The maximum Gasteiger partial charge on any atom is 0.162 e. The molecule has 124 valence electrons. The van der Waals surface area contributed by atoms with Gasteiger partial charge in [-0.3, -0.25) is 4.98 Å². The predicted octanol–water partition coefficient (Wildman–Crippen LogP) is 3.74. The molecule has 5 nitrogen and oxygen atoms in total. The molecule has 1 aliphatic rings. The smallest absolute Gasteiger partial charge is 0.162 e. The highest BCUT2D eigenvalue weighted by Gasteiger charge is 2.19. The first-order chi connectivity index (χ1) is 12.4. The quantitative estimate of drug-likeness (QED) is 0.552. The highest BCUT2D eigenvalue weighted by molar-refractivity contribution is 7.17. The van der Waals surface area contributed by atoms with Crippen LogP contribution < -0.4 is 4.90 Å². The van der Waals surface area contributed by atoms with E-state index in [1.165, 1.54) is 0 Å². The Hall–Kier alpha value is -2.57. The number of thiophene rings is 1. The molecule has 1 aliphatic heterocycles. The number of rotatable bonds is 2. The SMILES string of the molecule is c1cc(-c2nc(N3CCOCC3)c3sccc3n2)c2cnccc2c1. The van der Waals surface area contributed by atoms with Gasteiger partial charge in [0.25, 0.3) is 0 Å². The molecule has 25 heavy (non-hydrogen) atoms. The van der Waals surface area contributed by atoms with Crippen molar-refractivity contribution >= 4 is 38.1 Å². The molecule has 5 rings (SSSR count). The van der Waals surface area contributed by atoms with E-state index in [4.69, 9.17) is 14.7 Å². The second-order valence-electron chi connectivity index (χ2n) is 6.01. The lowest BCUT2D eigenvalue weighted by atomic mass is 10.1. The number of benzene rings is 1. The molecule has 0 spiro atoms. The van der Waals surface area contributed by atoms with E-state index in [2.05, 4.69) is 33.5 Å². The molecule has 6 heteroatoms. The number of hydrogen-bond acceptors (Lipinski definition) is 6. The zero-order valence-corrected chi connectivity index (χ0v) is 14.4. The van der Waals surface area contributed by atoms with Crippen LogP contribution in [0.3, 0.4) is 0 Å². The lowest BCUT2D eigenvalue weighted by molar-refractivity contribution is 0.122. The molecule has 1 saturated heterocycles. The number of anilines is 1. The monoisotopic (exact) mass is 348 g/mol. The van der Waals surface area contributed by atoms with E-state index in [1.54, 1.807) is 11.3 Å². The van der Waals surface area contributed by atoms with Crippen LogP contribution in [0.2, 0.25) is 0 Å². The molecule has 0 atom stereocenters. The molecular formula is C19H16N4OS. The summed E-state index contributed by atoms with van der Waals surface area (Å²) in [4.78, 5) is 16.4. The van der Waals surface area contributed by atoms with Crippen LogP contribution in [0.5, 0.6) is 0 Å². The molecule has 0 unspecified atom stereocenters. The number of fused-ring (bicyclic) bond motifs is 2. The topological polar surface area (TPSA) is 51.1 Å². The molecular weight excluding hydrogens is 332 g/mol. The molecule has 4 aromatic rings. The number of aromatic nitrogens is 3. The summed E-state index contributed by atoms with van der Waals surface area (Å²) in [5, 5.41) is 4.31. The highest BCUT2D eigenvalue weighted by Crippen LogP contribution is 2.33. The second-order valence-corrected chi connectivity index (χ2v) is 6.92. The Morgan fingerprint density at radius 2 is 1.96 bits per heavy atom. The molecule has 0 amide bonds. The van der Waals surface area contributed by atoms with Crippen LogP contribution in [-0.4, -0.2) is 41.3 Å². The predicted molar refractivity (Wildman–Crippen MR) is 101 cm³/mol. The largest absolute Gasteiger partial charge is 0.378 e. The summed E-state index contributed by atoms with van der Waals surface area (Å²) in [6, 6.07) is 10.3. The Morgan fingerprint density at radius 3 is 2.88 bits per heavy atom. The maximum atomic E-state index is 5.50. The lowest BCUT2D eigenvalue weighted by Crippen LogP contribution is -2.36. The number of hydrogen-bond donors (Lipinski definition) is 0. The molecule has 0 bridgehead atoms. The molecule has 0 radical (unpaired) electrons. The summed E-state index contributed by atoms with van der Waals surface area (Å²) in [5.74, 6) is 1.77. The van der Waals surface area contributed by atoms with Gasteiger partial charge in [0.15, 0.2) is 11.6 Å². The van der Waals surface area contributed by atoms with Gasteiger partial charge in [-0.2, -0.15) is 0 Å². The molecule has 1 aromatic carbocycles. The van der Waals surface area contributed by atoms with Crippen molar-refractivity contribution in [1.29, 1.82) is 0 Å². The van der Waals surface area contributed by atoms with Crippen molar-refractivity contribution in [2.75, 3.05) is 31.2 Å². The van der Waals surface area contributed by atoms with E-state index in [0.29, 0.717) is 0 Å². The van der Waals surface area contributed by atoms with Crippen LogP contribution >= 0.6 is 11.3 Å². The summed E-state index contributed by atoms with van der Waals surface area (Å²) < 4.78 is 6.64. The van der Waals surface area contributed by atoms with E-state index in [-0.39, 0.29) is 0 Å². The van der Waals surface area contributed by atoms with Gasteiger partial charge in [0.2, 0.25) is 0 Å². The molecule has 4 heterocycles. The van der Waals surface area contributed by atoms with E-state index < -0.39 is 0 Å². The van der Waals surface area contributed by atoms with Crippen molar-refractivity contribution in [3.8, 4) is 11.4 Å². The van der Waals surface area contributed by atoms with Crippen molar-refractivity contribution < 1.29 is 4.74 Å². The fourth-order valence-electron chi connectivity index (χ4n) is 3.27. The van der Waals surface area contributed by atoms with Crippen molar-refractivity contribution in [1.82, 2.24) is 15.0 Å². The van der Waals surface area contributed by atoms with Crippen LogP contribution in [0.1, 0.15) is 0 Å². The normalized spacial score (nSPS) is 15.1. The summed E-state index contributed by atoms with van der Waals surface area (Å²) in [5.41, 5.74) is 2.02. The van der Waals surface area contributed by atoms with Gasteiger partial charge in [-0.05, 0) is 22.9 Å². The standard InChI is InChI=1S/C19H16N4OS/c1-2-13-4-6-20-12-15(13)14(3-1)18-21-16-5-11-25-17(16)19(22-18)23-7-9-24-10-8-23/h1-6,11-12H,7-10H2.